The van der Waals surface area contributed by atoms with Gasteiger partial charge in [0.25, 0.3) is 5.69 Å². The summed E-state index contributed by atoms with van der Waals surface area (Å²) in [7, 11) is 2.30. The van der Waals surface area contributed by atoms with Gasteiger partial charge in [0.05, 0.1) is 37.9 Å². The number of likely N-dealkylation sites (tertiary alicyclic amines) is 1. The fourth-order valence-corrected chi connectivity index (χ4v) is 3.26. The lowest BCUT2D eigenvalue weighted by Crippen LogP contribution is -2.47. The van der Waals surface area contributed by atoms with E-state index in [4.69, 9.17) is 18.9 Å². The maximum atomic E-state index is 12.7. The number of rotatable bonds is 6. The molecule has 1 unspecified atom stereocenters. The second kappa shape index (κ2) is 9.29. The number of ether oxygens (including phenoxy) is 4. The zero-order chi connectivity index (χ0) is 23.4. The van der Waals surface area contributed by atoms with Gasteiger partial charge in [-0.1, -0.05) is 12.1 Å². The molecule has 0 saturated carbocycles. The van der Waals surface area contributed by atoms with E-state index >= 15 is 0 Å². The van der Waals surface area contributed by atoms with Gasteiger partial charge in [-0.3, -0.25) is 15.0 Å². The number of hydrogen-bond acceptors (Lipinski definition) is 9. The third-order valence-corrected chi connectivity index (χ3v) is 4.68. The Morgan fingerprint density at radius 3 is 2.39 bits per heavy atom. The molecule has 1 aliphatic heterocycles. The van der Waals surface area contributed by atoms with Gasteiger partial charge in [0.2, 0.25) is 0 Å². The van der Waals surface area contributed by atoms with E-state index in [1.807, 2.05) is 0 Å². The van der Waals surface area contributed by atoms with Crippen molar-refractivity contribution in [3.63, 3.8) is 0 Å². The summed E-state index contributed by atoms with van der Waals surface area (Å²) in [4.78, 5) is 49.5. The van der Waals surface area contributed by atoms with E-state index in [1.54, 1.807) is 26.8 Å². The van der Waals surface area contributed by atoms with E-state index in [0.29, 0.717) is 0 Å². The van der Waals surface area contributed by atoms with Crippen molar-refractivity contribution in [3.8, 4) is 0 Å². The molecule has 0 aliphatic carbocycles. The molecule has 0 radical (unpaired) electrons. The van der Waals surface area contributed by atoms with Crippen molar-refractivity contribution in [2.24, 2.45) is 0 Å². The molecular formula is C20H26N2O9. The molecule has 2 atom stereocenters. The first-order chi connectivity index (χ1) is 14.4. The van der Waals surface area contributed by atoms with Crippen LogP contribution >= 0.6 is 0 Å². The number of carbonyl (C=O) groups excluding carboxylic acids is 3. The molecule has 1 saturated heterocycles. The molecule has 1 amide bonds. The number of esters is 2. The number of methoxy groups -OCH3 is 2. The van der Waals surface area contributed by atoms with E-state index in [0.717, 1.165) is 19.1 Å². The van der Waals surface area contributed by atoms with Crippen LogP contribution in [-0.2, 0) is 35.1 Å². The SMILES string of the molecule is COC(=O)[C@@H]1CC(OCc2ccccc2[N+](=O)[O-])(C(=O)OC)CN1C(=O)OC(C)(C)C. The van der Waals surface area contributed by atoms with Crippen LogP contribution in [0.2, 0.25) is 0 Å². The van der Waals surface area contributed by atoms with Crippen molar-refractivity contribution in [1.29, 1.82) is 0 Å². The van der Waals surface area contributed by atoms with Crippen molar-refractivity contribution < 1.29 is 38.3 Å². The molecule has 0 aromatic heterocycles. The number of nitrogens with zero attached hydrogens (tertiary/aromatic N) is 2. The van der Waals surface area contributed by atoms with Crippen LogP contribution in [0.4, 0.5) is 10.5 Å². The fourth-order valence-electron chi connectivity index (χ4n) is 3.26. The van der Waals surface area contributed by atoms with Crippen LogP contribution < -0.4 is 0 Å². The average molecular weight is 438 g/mol. The summed E-state index contributed by atoms with van der Waals surface area (Å²) in [5, 5.41) is 11.3. The number of para-hydroxylation sites is 1. The van der Waals surface area contributed by atoms with Gasteiger partial charge in [-0.15, -0.1) is 0 Å². The molecule has 170 valence electrons. The van der Waals surface area contributed by atoms with Crippen LogP contribution in [0.15, 0.2) is 24.3 Å². The van der Waals surface area contributed by atoms with Gasteiger partial charge in [0.15, 0.2) is 5.60 Å². The van der Waals surface area contributed by atoms with Gasteiger partial charge >= 0.3 is 18.0 Å². The predicted octanol–water partition coefficient (Wildman–Crippen LogP) is 2.21. The van der Waals surface area contributed by atoms with Crippen molar-refractivity contribution in [1.82, 2.24) is 4.90 Å². The van der Waals surface area contributed by atoms with E-state index in [-0.39, 0.29) is 30.8 Å². The Bertz CT molecular complexity index is 864. The molecule has 11 nitrogen and oxygen atoms in total. The highest BCUT2D eigenvalue weighted by Crippen LogP contribution is 2.35. The van der Waals surface area contributed by atoms with Crippen molar-refractivity contribution in [2.75, 3.05) is 20.8 Å². The first-order valence-corrected chi connectivity index (χ1v) is 9.46. The van der Waals surface area contributed by atoms with Crippen LogP contribution in [0.25, 0.3) is 0 Å². The van der Waals surface area contributed by atoms with E-state index < -0.39 is 40.2 Å². The summed E-state index contributed by atoms with van der Waals surface area (Å²) in [6, 6.07) is 4.73. The van der Waals surface area contributed by atoms with Crippen molar-refractivity contribution in [2.45, 2.75) is 51.0 Å². The summed E-state index contributed by atoms with van der Waals surface area (Å²) in [5.41, 5.74) is -2.55. The average Bonchev–Trinajstić information content (AvgIpc) is 3.11. The van der Waals surface area contributed by atoms with Gasteiger partial charge in [-0.05, 0) is 26.8 Å². The van der Waals surface area contributed by atoms with Crippen molar-refractivity contribution in [3.05, 3.63) is 39.9 Å². The molecule has 0 bridgehead atoms. The highest BCUT2D eigenvalue weighted by Gasteiger charge is 2.56. The minimum Gasteiger partial charge on any atom is -0.467 e. The maximum Gasteiger partial charge on any atom is 0.411 e. The van der Waals surface area contributed by atoms with Crippen LogP contribution in [0.5, 0.6) is 0 Å². The van der Waals surface area contributed by atoms with E-state index in [2.05, 4.69) is 0 Å². The van der Waals surface area contributed by atoms with Crippen LogP contribution in [0.3, 0.4) is 0 Å². The quantitative estimate of drug-likeness (QED) is 0.283. The molecule has 1 fully saturated rings. The molecule has 0 spiro atoms. The highest BCUT2D eigenvalue weighted by molar-refractivity contribution is 5.88. The molecule has 2 rings (SSSR count). The Labute approximate surface area is 179 Å². The largest absolute Gasteiger partial charge is 0.467 e. The third kappa shape index (κ3) is 5.48. The fraction of sp³-hybridized carbons (Fsp3) is 0.550. The Kier molecular flexibility index (Phi) is 7.21. The Morgan fingerprint density at radius 2 is 1.84 bits per heavy atom. The Morgan fingerprint density at radius 1 is 1.19 bits per heavy atom. The number of benzene rings is 1. The summed E-state index contributed by atoms with van der Waals surface area (Å²) in [5.74, 6) is -1.59. The number of carbonyl (C=O) groups is 3. The summed E-state index contributed by atoms with van der Waals surface area (Å²) < 4.78 is 20.8. The highest BCUT2D eigenvalue weighted by atomic mass is 16.6. The summed E-state index contributed by atoms with van der Waals surface area (Å²) in [6.07, 6.45) is -1.09. The molecule has 1 aromatic carbocycles. The molecular weight excluding hydrogens is 412 g/mol. The lowest BCUT2D eigenvalue weighted by atomic mass is 9.99. The van der Waals surface area contributed by atoms with Crippen LogP contribution in [-0.4, -0.2) is 65.9 Å². The minimum absolute atomic E-state index is 0.186. The standard InChI is InChI=1S/C20H26N2O9/c1-19(2,3)31-18(25)21-12-20(17(24)29-5,10-15(21)16(23)28-4)30-11-13-8-6-7-9-14(13)22(26)27/h6-9,15H,10-12H2,1-5H3/t15-,20?/m0/s1. The Balaban J connectivity index is 2.37. The first kappa shape index (κ1) is 24.1. The molecule has 31 heavy (non-hydrogen) atoms. The molecule has 1 aliphatic rings. The molecule has 1 aromatic rings. The summed E-state index contributed by atoms with van der Waals surface area (Å²) in [6.45, 7) is 4.31. The molecule has 0 N–H and O–H groups in total. The molecule has 1 heterocycles. The Hall–Kier alpha value is -3.21. The zero-order valence-corrected chi connectivity index (χ0v) is 18.1. The first-order valence-electron chi connectivity index (χ1n) is 9.46. The second-order valence-electron chi connectivity index (χ2n) is 8.01. The monoisotopic (exact) mass is 438 g/mol. The van der Waals surface area contributed by atoms with E-state index in [1.165, 1.54) is 18.2 Å². The van der Waals surface area contributed by atoms with Crippen molar-refractivity contribution >= 4 is 23.7 Å². The topological polar surface area (TPSA) is 135 Å². The predicted molar refractivity (Wildman–Crippen MR) is 106 cm³/mol. The normalized spacial score (nSPS) is 20.8. The minimum atomic E-state index is -1.74. The third-order valence-electron chi connectivity index (χ3n) is 4.68. The second-order valence-corrected chi connectivity index (χ2v) is 8.01. The lowest BCUT2D eigenvalue weighted by molar-refractivity contribution is -0.386. The van der Waals surface area contributed by atoms with E-state index in [9.17, 15) is 24.5 Å². The van der Waals surface area contributed by atoms with Crippen LogP contribution in [0.1, 0.15) is 32.8 Å². The number of amides is 1. The van der Waals surface area contributed by atoms with Gasteiger partial charge in [-0.2, -0.15) is 0 Å². The number of nitro groups is 1. The number of nitro benzene ring substituents is 1. The van der Waals surface area contributed by atoms with Gasteiger partial charge in [0, 0.05) is 12.5 Å². The van der Waals surface area contributed by atoms with Gasteiger partial charge in [-0.25, -0.2) is 14.4 Å². The zero-order valence-electron chi connectivity index (χ0n) is 18.1. The lowest BCUT2D eigenvalue weighted by Gasteiger charge is -2.28. The smallest absolute Gasteiger partial charge is 0.411 e. The maximum absolute atomic E-state index is 12.7. The van der Waals surface area contributed by atoms with Crippen LogP contribution in [0, 0.1) is 10.1 Å². The van der Waals surface area contributed by atoms with Gasteiger partial charge < -0.3 is 18.9 Å². The molecule has 11 heteroatoms. The van der Waals surface area contributed by atoms with Gasteiger partial charge in [0.1, 0.15) is 11.6 Å². The number of hydrogen-bond donors (Lipinski definition) is 0. The summed E-state index contributed by atoms with van der Waals surface area (Å²) >= 11 is 0.